The Balaban J connectivity index is 1.33. The Morgan fingerprint density at radius 2 is 2.07 bits per heavy atom. The van der Waals surface area contributed by atoms with Crippen LogP contribution in [0.1, 0.15) is 42.7 Å². The second kappa shape index (κ2) is 7.82. The van der Waals surface area contributed by atoms with Crippen LogP contribution in [0.2, 0.25) is 5.02 Å². The number of hydrogen-bond donors (Lipinski definition) is 0. The number of para-hydroxylation sites is 1. The van der Waals surface area contributed by atoms with Gasteiger partial charge in [0.25, 0.3) is 0 Å². The number of rotatable bonds is 4. The molecule has 6 heteroatoms. The number of methoxy groups -OCH3 is 1. The second-order valence-corrected chi connectivity index (χ2v) is 8.75. The molecule has 1 spiro atoms. The molecule has 3 heterocycles. The van der Waals surface area contributed by atoms with Crippen molar-refractivity contribution in [2.45, 2.75) is 44.2 Å². The van der Waals surface area contributed by atoms with Gasteiger partial charge in [-0.3, -0.25) is 4.90 Å². The molecule has 0 amide bonds. The lowest BCUT2D eigenvalue weighted by atomic mass is 9.80. The van der Waals surface area contributed by atoms with E-state index in [1.807, 2.05) is 41.2 Å². The summed E-state index contributed by atoms with van der Waals surface area (Å²) >= 11 is 6.33. The van der Waals surface area contributed by atoms with Crippen molar-refractivity contribution < 1.29 is 9.47 Å². The zero-order valence-corrected chi connectivity index (χ0v) is 18.0. The third-order valence-corrected chi connectivity index (χ3v) is 6.64. The SMILES string of the molecule is COC1OC2(CCN(Cc3cnn(-c4ccccc4)c3)[C@@H](C)C2)c2cc(Cl)ccc21. The molecule has 0 aliphatic carbocycles. The summed E-state index contributed by atoms with van der Waals surface area (Å²) in [5.41, 5.74) is 4.25. The first-order valence-corrected chi connectivity index (χ1v) is 10.8. The molecular formula is C24H26ClN3O2. The highest BCUT2D eigenvalue weighted by Gasteiger charge is 2.49. The van der Waals surface area contributed by atoms with E-state index in [-0.39, 0.29) is 11.9 Å². The van der Waals surface area contributed by atoms with Crippen LogP contribution in [0.3, 0.4) is 0 Å². The molecule has 5 rings (SSSR count). The first-order valence-electron chi connectivity index (χ1n) is 10.4. The van der Waals surface area contributed by atoms with E-state index < -0.39 is 0 Å². The van der Waals surface area contributed by atoms with Crippen molar-refractivity contribution in [3.05, 3.63) is 82.6 Å². The highest BCUT2D eigenvalue weighted by molar-refractivity contribution is 6.30. The van der Waals surface area contributed by atoms with Gasteiger partial charge < -0.3 is 9.47 Å². The Labute approximate surface area is 182 Å². The Morgan fingerprint density at radius 3 is 2.83 bits per heavy atom. The Bertz CT molecular complexity index is 1040. The van der Waals surface area contributed by atoms with Crippen molar-refractivity contribution >= 4 is 11.6 Å². The van der Waals surface area contributed by atoms with Gasteiger partial charge in [0.2, 0.25) is 0 Å². The highest BCUT2D eigenvalue weighted by atomic mass is 35.5. The molecular weight excluding hydrogens is 398 g/mol. The van der Waals surface area contributed by atoms with Gasteiger partial charge in [-0.05, 0) is 49.6 Å². The monoisotopic (exact) mass is 423 g/mol. The average Bonchev–Trinajstić information content (AvgIpc) is 3.34. The van der Waals surface area contributed by atoms with E-state index in [2.05, 4.69) is 41.3 Å². The molecule has 1 fully saturated rings. The largest absolute Gasteiger partial charge is 0.352 e. The van der Waals surface area contributed by atoms with Crippen molar-refractivity contribution in [3.8, 4) is 5.69 Å². The van der Waals surface area contributed by atoms with Gasteiger partial charge in [0.15, 0.2) is 6.29 Å². The summed E-state index contributed by atoms with van der Waals surface area (Å²) in [7, 11) is 1.70. The molecule has 0 saturated carbocycles. The van der Waals surface area contributed by atoms with Gasteiger partial charge >= 0.3 is 0 Å². The number of benzene rings is 2. The minimum absolute atomic E-state index is 0.319. The number of likely N-dealkylation sites (tertiary alicyclic amines) is 1. The van der Waals surface area contributed by atoms with E-state index >= 15 is 0 Å². The fourth-order valence-electron chi connectivity index (χ4n) is 4.87. The molecule has 2 aromatic carbocycles. The van der Waals surface area contributed by atoms with Crippen LogP contribution in [0.15, 0.2) is 60.9 Å². The van der Waals surface area contributed by atoms with Gasteiger partial charge in [-0.1, -0.05) is 35.9 Å². The normalized spacial score (nSPS) is 26.2. The maximum Gasteiger partial charge on any atom is 0.184 e. The number of ether oxygens (including phenoxy) is 2. The molecule has 2 aliphatic heterocycles. The fourth-order valence-corrected chi connectivity index (χ4v) is 5.05. The number of halogens is 1. The molecule has 3 atom stereocenters. The van der Waals surface area contributed by atoms with Crippen LogP contribution in [0.5, 0.6) is 0 Å². The van der Waals surface area contributed by atoms with Crippen LogP contribution >= 0.6 is 11.6 Å². The van der Waals surface area contributed by atoms with E-state index in [0.717, 1.165) is 42.2 Å². The van der Waals surface area contributed by atoms with Crippen LogP contribution in [-0.2, 0) is 21.6 Å². The quantitative estimate of drug-likeness (QED) is 0.586. The van der Waals surface area contributed by atoms with Crippen molar-refractivity contribution in [1.29, 1.82) is 0 Å². The summed E-state index contributed by atoms with van der Waals surface area (Å²) in [6.07, 6.45) is 5.59. The molecule has 0 N–H and O–H groups in total. The van der Waals surface area contributed by atoms with Crippen molar-refractivity contribution in [2.24, 2.45) is 0 Å². The summed E-state index contributed by atoms with van der Waals surface area (Å²) in [5, 5.41) is 5.29. The number of piperidine rings is 1. The number of aromatic nitrogens is 2. The van der Waals surface area contributed by atoms with Crippen LogP contribution in [-0.4, -0.2) is 34.4 Å². The lowest BCUT2D eigenvalue weighted by Gasteiger charge is -2.43. The number of nitrogens with zero attached hydrogens (tertiary/aromatic N) is 3. The maximum absolute atomic E-state index is 6.47. The van der Waals surface area contributed by atoms with Crippen molar-refractivity contribution in [3.63, 3.8) is 0 Å². The summed E-state index contributed by atoms with van der Waals surface area (Å²) in [6, 6.07) is 16.6. The number of hydrogen-bond acceptors (Lipinski definition) is 4. The molecule has 156 valence electrons. The van der Waals surface area contributed by atoms with Gasteiger partial charge in [-0.2, -0.15) is 5.10 Å². The maximum atomic E-state index is 6.47. The van der Waals surface area contributed by atoms with Crippen LogP contribution in [0.25, 0.3) is 5.69 Å². The summed E-state index contributed by atoms with van der Waals surface area (Å²) < 4.78 is 14.0. The first kappa shape index (κ1) is 19.8. The minimum atomic E-state index is -0.328. The molecule has 1 saturated heterocycles. The highest BCUT2D eigenvalue weighted by Crippen LogP contribution is 2.51. The Kier molecular flexibility index (Phi) is 5.15. The van der Waals surface area contributed by atoms with Gasteiger partial charge in [0, 0.05) is 48.6 Å². The van der Waals surface area contributed by atoms with Gasteiger partial charge in [-0.25, -0.2) is 4.68 Å². The van der Waals surface area contributed by atoms with Gasteiger partial charge in [0.1, 0.15) is 0 Å². The zero-order chi connectivity index (χ0) is 20.7. The van der Waals surface area contributed by atoms with Crippen LogP contribution < -0.4 is 0 Å². The van der Waals surface area contributed by atoms with E-state index in [1.165, 1.54) is 11.1 Å². The molecule has 2 aliphatic rings. The second-order valence-electron chi connectivity index (χ2n) is 8.31. The lowest BCUT2D eigenvalue weighted by molar-refractivity contribution is -0.207. The third-order valence-electron chi connectivity index (χ3n) is 6.40. The third kappa shape index (κ3) is 3.46. The van der Waals surface area contributed by atoms with Crippen molar-refractivity contribution in [1.82, 2.24) is 14.7 Å². The predicted octanol–water partition coefficient (Wildman–Crippen LogP) is 5.08. The molecule has 1 aromatic heterocycles. The smallest absolute Gasteiger partial charge is 0.184 e. The number of fused-ring (bicyclic) bond motifs is 2. The topological polar surface area (TPSA) is 39.5 Å². The lowest BCUT2D eigenvalue weighted by Crippen LogP contribution is -2.47. The van der Waals surface area contributed by atoms with Gasteiger partial charge in [0.05, 0.1) is 17.5 Å². The van der Waals surface area contributed by atoms with E-state index in [9.17, 15) is 0 Å². The minimum Gasteiger partial charge on any atom is -0.352 e. The molecule has 2 unspecified atom stereocenters. The first-order chi connectivity index (χ1) is 14.6. The van der Waals surface area contributed by atoms with E-state index in [0.29, 0.717) is 6.04 Å². The summed E-state index contributed by atoms with van der Waals surface area (Å²) in [4.78, 5) is 2.51. The Morgan fingerprint density at radius 1 is 1.23 bits per heavy atom. The molecule has 3 aromatic rings. The predicted molar refractivity (Wildman–Crippen MR) is 117 cm³/mol. The van der Waals surface area contributed by atoms with Gasteiger partial charge in [-0.15, -0.1) is 0 Å². The standard InChI is InChI=1S/C24H26ClN3O2/c1-17-13-24(22-12-19(25)8-9-21(22)23(29-2)30-24)10-11-27(17)15-18-14-26-28(16-18)20-6-4-3-5-7-20/h3-9,12,14,16-17,23H,10-11,13,15H2,1-2H3/t17-,23?,24?/m0/s1. The Hall–Kier alpha value is -2.18. The van der Waals surface area contributed by atoms with E-state index in [4.69, 9.17) is 21.1 Å². The molecule has 0 bridgehead atoms. The molecule has 5 nitrogen and oxygen atoms in total. The van der Waals surface area contributed by atoms with Crippen molar-refractivity contribution in [2.75, 3.05) is 13.7 Å². The summed E-state index contributed by atoms with van der Waals surface area (Å²) in [5.74, 6) is 0. The fraction of sp³-hybridized carbons (Fsp3) is 0.375. The summed E-state index contributed by atoms with van der Waals surface area (Å²) in [6.45, 7) is 4.09. The van der Waals surface area contributed by atoms with Crippen LogP contribution in [0.4, 0.5) is 0 Å². The van der Waals surface area contributed by atoms with E-state index in [1.54, 1.807) is 7.11 Å². The zero-order valence-electron chi connectivity index (χ0n) is 17.3. The van der Waals surface area contributed by atoms with Crippen LogP contribution in [0, 0.1) is 0 Å². The molecule has 0 radical (unpaired) electrons. The molecule has 30 heavy (non-hydrogen) atoms. The average molecular weight is 424 g/mol.